The van der Waals surface area contributed by atoms with Crippen LogP contribution in [-0.4, -0.2) is 35.0 Å². The number of likely N-dealkylation sites (tertiary alicyclic amines) is 1. The Labute approximate surface area is 112 Å². The van der Waals surface area contributed by atoms with Gasteiger partial charge in [-0.2, -0.15) is 0 Å². The van der Waals surface area contributed by atoms with Gasteiger partial charge in [0, 0.05) is 17.2 Å². The van der Waals surface area contributed by atoms with Gasteiger partial charge in [0.15, 0.2) is 0 Å². The van der Waals surface area contributed by atoms with Crippen LogP contribution in [0.5, 0.6) is 0 Å². The maximum Gasteiger partial charge on any atom is 0.0998 e. The van der Waals surface area contributed by atoms with Crippen molar-refractivity contribution in [1.82, 2.24) is 9.88 Å². The van der Waals surface area contributed by atoms with Gasteiger partial charge in [0.1, 0.15) is 0 Å². The largest absolute Gasteiger partial charge is 0.393 e. The molecule has 0 amide bonds. The van der Waals surface area contributed by atoms with E-state index >= 15 is 0 Å². The molecule has 17 heavy (non-hydrogen) atoms. The van der Waals surface area contributed by atoms with Crippen molar-refractivity contribution in [2.45, 2.75) is 32.1 Å². The van der Waals surface area contributed by atoms with Crippen LogP contribution in [-0.2, 0) is 6.42 Å². The van der Waals surface area contributed by atoms with Crippen molar-refractivity contribution in [2.75, 3.05) is 20.1 Å². The molecule has 5 heteroatoms. The molecule has 1 saturated heterocycles. The highest BCUT2D eigenvalue weighted by Crippen LogP contribution is 2.32. The third-order valence-electron chi connectivity index (χ3n) is 3.31. The second-order valence-electron chi connectivity index (χ2n) is 4.77. The lowest BCUT2D eigenvalue weighted by atomic mass is 9.93. The minimum atomic E-state index is 0.536. The number of piperidine rings is 1. The van der Waals surface area contributed by atoms with Gasteiger partial charge in [-0.1, -0.05) is 12.2 Å². The zero-order valence-corrected chi connectivity index (χ0v) is 12.0. The van der Waals surface area contributed by atoms with Crippen LogP contribution in [0.1, 0.15) is 34.3 Å². The Morgan fingerprint density at radius 3 is 2.76 bits per heavy atom. The summed E-state index contributed by atoms with van der Waals surface area (Å²) in [5, 5.41) is 1.07. The molecule has 0 bridgehead atoms. The number of aromatic nitrogens is 1. The molecule has 1 aromatic heterocycles. The third-order valence-corrected chi connectivity index (χ3v) is 4.44. The SMILES string of the molecule is Cc1sc(CC(N)=S)nc1C1CCN(C)CC1. The molecule has 0 atom stereocenters. The van der Waals surface area contributed by atoms with Crippen LogP contribution >= 0.6 is 23.6 Å². The first-order valence-corrected chi connectivity index (χ1v) is 7.21. The van der Waals surface area contributed by atoms with Crippen LogP contribution in [0.3, 0.4) is 0 Å². The number of thiazole rings is 1. The Hall–Kier alpha value is -0.520. The maximum atomic E-state index is 5.57. The van der Waals surface area contributed by atoms with Crippen LogP contribution in [0.15, 0.2) is 0 Å². The van der Waals surface area contributed by atoms with Crippen molar-refractivity contribution < 1.29 is 0 Å². The van der Waals surface area contributed by atoms with E-state index in [4.69, 9.17) is 22.9 Å². The van der Waals surface area contributed by atoms with Gasteiger partial charge in [-0.15, -0.1) is 11.3 Å². The second-order valence-corrected chi connectivity index (χ2v) is 6.58. The minimum absolute atomic E-state index is 0.536. The van der Waals surface area contributed by atoms with Gasteiger partial charge in [0.05, 0.1) is 15.7 Å². The van der Waals surface area contributed by atoms with Crippen molar-refractivity contribution in [2.24, 2.45) is 5.73 Å². The molecule has 1 fully saturated rings. The molecule has 2 heterocycles. The smallest absolute Gasteiger partial charge is 0.0998 e. The first kappa shape index (κ1) is 12.9. The van der Waals surface area contributed by atoms with E-state index in [1.807, 2.05) is 0 Å². The van der Waals surface area contributed by atoms with Gasteiger partial charge < -0.3 is 10.6 Å². The first-order valence-electron chi connectivity index (χ1n) is 5.99. The van der Waals surface area contributed by atoms with Crippen molar-refractivity contribution in [1.29, 1.82) is 0 Å². The summed E-state index contributed by atoms with van der Waals surface area (Å²) >= 11 is 6.68. The van der Waals surface area contributed by atoms with E-state index in [2.05, 4.69) is 18.9 Å². The average Bonchev–Trinajstić information content (AvgIpc) is 2.59. The maximum absolute atomic E-state index is 5.57. The van der Waals surface area contributed by atoms with Gasteiger partial charge in [-0.3, -0.25) is 0 Å². The van der Waals surface area contributed by atoms with E-state index in [0.29, 0.717) is 17.3 Å². The monoisotopic (exact) mass is 269 g/mol. The molecule has 2 rings (SSSR count). The summed E-state index contributed by atoms with van der Waals surface area (Å²) in [5.41, 5.74) is 6.86. The lowest BCUT2D eigenvalue weighted by molar-refractivity contribution is 0.253. The van der Waals surface area contributed by atoms with Crippen molar-refractivity contribution in [3.8, 4) is 0 Å². The molecule has 3 nitrogen and oxygen atoms in total. The van der Waals surface area contributed by atoms with Crippen molar-refractivity contribution in [3.05, 3.63) is 15.6 Å². The molecule has 0 radical (unpaired) electrons. The molecule has 0 spiro atoms. The number of rotatable bonds is 3. The molecule has 0 aromatic carbocycles. The number of aryl methyl sites for hydroxylation is 1. The highest BCUT2D eigenvalue weighted by atomic mass is 32.1. The molecular formula is C12H19N3S2. The normalized spacial score (nSPS) is 18.5. The molecule has 0 saturated carbocycles. The first-order chi connectivity index (χ1) is 8.06. The predicted octanol–water partition coefficient (Wildman–Crippen LogP) is 2.09. The molecule has 2 N–H and O–H groups in total. The van der Waals surface area contributed by atoms with Gasteiger partial charge >= 0.3 is 0 Å². The Kier molecular flexibility index (Phi) is 4.12. The van der Waals surface area contributed by atoms with Crippen LogP contribution in [0, 0.1) is 6.92 Å². The van der Waals surface area contributed by atoms with E-state index < -0.39 is 0 Å². The van der Waals surface area contributed by atoms with Gasteiger partial charge in [-0.05, 0) is 39.9 Å². The van der Waals surface area contributed by atoms with E-state index in [0.717, 1.165) is 5.01 Å². The summed E-state index contributed by atoms with van der Waals surface area (Å²) in [5.74, 6) is 0.627. The summed E-state index contributed by atoms with van der Waals surface area (Å²) < 4.78 is 0. The van der Waals surface area contributed by atoms with Gasteiger partial charge in [-0.25, -0.2) is 4.98 Å². The lowest BCUT2D eigenvalue weighted by Crippen LogP contribution is -2.29. The lowest BCUT2D eigenvalue weighted by Gasteiger charge is -2.28. The summed E-state index contributed by atoms with van der Waals surface area (Å²) in [6, 6.07) is 0. The fraction of sp³-hybridized carbons (Fsp3) is 0.667. The minimum Gasteiger partial charge on any atom is -0.393 e. The Morgan fingerprint density at radius 1 is 1.53 bits per heavy atom. The number of nitrogens with zero attached hydrogens (tertiary/aromatic N) is 2. The Bertz CT molecular complexity index is 406. The van der Waals surface area contributed by atoms with Crippen LogP contribution in [0.4, 0.5) is 0 Å². The number of nitrogens with two attached hydrogens (primary N) is 1. The van der Waals surface area contributed by atoms with Crippen LogP contribution in [0.2, 0.25) is 0 Å². The number of thiocarbonyl (C=S) groups is 1. The topological polar surface area (TPSA) is 42.1 Å². The Morgan fingerprint density at radius 2 is 2.18 bits per heavy atom. The van der Waals surface area contributed by atoms with Crippen LogP contribution in [0.25, 0.3) is 0 Å². The second kappa shape index (κ2) is 5.42. The highest BCUT2D eigenvalue weighted by molar-refractivity contribution is 7.80. The fourth-order valence-electron chi connectivity index (χ4n) is 2.35. The third kappa shape index (κ3) is 3.24. The van der Waals surface area contributed by atoms with E-state index in [-0.39, 0.29) is 0 Å². The molecule has 1 aliphatic rings. The Balaban J connectivity index is 2.10. The summed E-state index contributed by atoms with van der Waals surface area (Å²) in [6.45, 7) is 4.51. The quantitative estimate of drug-likeness (QED) is 0.853. The molecule has 0 unspecified atom stereocenters. The van der Waals surface area contributed by atoms with Gasteiger partial charge in [0.25, 0.3) is 0 Å². The molecular weight excluding hydrogens is 250 g/mol. The van der Waals surface area contributed by atoms with E-state index in [1.165, 1.54) is 36.5 Å². The highest BCUT2D eigenvalue weighted by Gasteiger charge is 2.22. The van der Waals surface area contributed by atoms with Crippen molar-refractivity contribution >= 4 is 28.5 Å². The van der Waals surface area contributed by atoms with E-state index in [1.54, 1.807) is 11.3 Å². The summed E-state index contributed by atoms with van der Waals surface area (Å²) in [4.78, 5) is 8.99. The summed E-state index contributed by atoms with van der Waals surface area (Å²) in [6.07, 6.45) is 3.08. The average molecular weight is 269 g/mol. The standard InChI is InChI=1S/C12H19N3S2/c1-8-12(9-3-5-15(2)6-4-9)14-11(17-8)7-10(13)16/h9H,3-7H2,1-2H3,(H2,13,16). The van der Waals surface area contributed by atoms with Crippen LogP contribution < -0.4 is 5.73 Å². The predicted molar refractivity (Wildman–Crippen MR) is 76.8 cm³/mol. The summed E-state index contributed by atoms with van der Waals surface area (Å²) in [7, 11) is 2.18. The molecule has 1 aliphatic heterocycles. The van der Waals surface area contributed by atoms with E-state index in [9.17, 15) is 0 Å². The number of hydrogen-bond acceptors (Lipinski definition) is 4. The number of hydrogen-bond donors (Lipinski definition) is 1. The zero-order chi connectivity index (χ0) is 12.4. The molecule has 94 valence electrons. The zero-order valence-electron chi connectivity index (χ0n) is 10.4. The molecule has 0 aliphatic carbocycles. The molecule has 1 aromatic rings. The fourth-order valence-corrected chi connectivity index (χ4v) is 3.62. The van der Waals surface area contributed by atoms with Gasteiger partial charge in [0.2, 0.25) is 0 Å². The van der Waals surface area contributed by atoms with Crippen molar-refractivity contribution in [3.63, 3.8) is 0 Å².